The van der Waals surface area contributed by atoms with Gasteiger partial charge in [-0.15, -0.1) is 0 Å². The molecule has 3 aromatic rings. The monoisotopic (exact) mass is 401 g/mol. The Morgan fingerprint density at radius 2 is 2.20 bits per heavy atom. The average molecular weight is 402 g/mol. The molecule has 30 heavy (non-hydrogen) atoms. The van der Waals surface area contributed by atoms with Crippen LogP contribution in [0.15, 0.2) is 41.7 Å². The lowest BCUT2D eigenvalue weighted by Gasteiger charge is -2.54. The van der Waals surface area contributed by atoms with Crippen molar-refractivity contribution >= 4 is 35.0 Å². The fourth-order valence-electron chi connectivity index (χ4n) is 5.49. The first-order valence-corrected chi connectivity index (χ1v) is 10.5. The Kier molecular flexibility index (Phi) is 4.20. The smallest absolute Gasteiger partial charge is 0.254 e. The summed E-state index contributed by atoms with van der Waals surface area (Å²) in [6, 6.07) is 10.3. The molecule has 0 spiro atoms. The molecule has 3 atom stereocenters. The van der Waals surface area contributed by atoms with Crippen molar-refractivity contribution in [3.8, 4) is 0 Å². The molecule has 2 N–H and O–H groups in total. The van der Waals surface area contributed by atoms with Crippen molar-refractivity contribution in [2.45, 2.75) is 38.1 Å². The van der Waals surface area contributed by atoms with E-state index in [0.717, 1.165) is 41.8 Å². The number of carbonyl (C=O) groups is 1. The largest absolute Gasteiger partial charge is 0.386 e. The molecule has 0 radical (unpaired) electrons. The number of likely N-dealkylation sites (tertiary alicyclic amines) is 1. The molecule has 6 heteroatoms. The molecule has 1 aliphatic carbocycles. The van der Waals surface area contributed by atoms with E-state index in [2.05, 4.69) is 57.9 Å². The summed E-state index contributed by atoms with van der Waals surface area (Å²) in [5.74, 6) is 0.462. The van der Waals surface area contributed by atoms with Crippen molar-refractivity contribution in [1.82, 2.24) is 14.9 Å². The van der Waals surface area contributed by atoms with Gasteiger partial charge in [0.05, 0.1) is 28.7 Å². The van der Waals surface area contributed by atoms with Crippen molar-refractivity contribution < 1.29 is 4.79 Å². The van der Waals surface area contributed by atoms with Crippen LogP contribution in [0.3, 0.4) is 0 Å². The lowest BCUT2D eigenvalue weighted by Crippen LogP contribution is -2.59. The van der Waals surface area contributed by atoms with Crippen molar-refractivity contribution in [2.75, 3.05) is 18.9 Å². The lowest BCUT2D eigenvalue weighted by atomic mass is 9.59. The molecular weight excluding hydrogens is 374 g/mol. The van der Waals surface area contributed by atoms with E-state index in [4.69, 9.17) is 0 Å². The second-order valence-electron chi connectivity index (χ2n) is 8.80. The molecule has 1 fully saturated rings. The minimum atomic E-state index is 0.0505. The van der Waals surface area contributed by atoms with Gasteiger partial charge in [0.1, 0.15) is 0 Å². The van der Waals surface area contributed by atoms with Gasteiger partial charge >= 0.3 is 0 Å². The van der Waals surface area contributed by atoms with Crippen LogP contribution < -0.4 is 5.32 Å². The first-order valence-electron chi connectivity index (χ1n) is 10.5. The molecule has 0 saturated carbocycles. The maximum atomic E-state index is 13.5. The van der Waals surface area contributed by atoms with Crippen LogP contribution in [0, 0.1) is 5.92 Å². The fraction of sp³-hybridized carbons (Fsp3) is 0.375. The van der Waals surface area contributed by atoms with Gasteiger partial charge in [0.15, 0.2) is 0 Å². The van der Waals surface area contributed by atoms with Gasteiger partial charge in [-0.05, 0) is 72.4 Å². The van der Waals surface area contributed by atoms with E-state index >= 15 is 0 Å². The van der Waals surface area contributed by atoms with Gasteiger partial charge in [-0.1, -0.05) is 13.8 Å². The fourth-order valence-corrected chi connectivity index (χ4v) is 5.49. The number of amides is 1. The van der Waals surface area contributed by atoms with Crippen LogP contribution in [0.1, 0.15) is 41.8 Å². The van der Waals surface area contributed by atoms with Crippen LogP contribution in [0.5, 0.6) is 0 Å². The van der Waals surface area contributed by atoms with Crippen molar-refractivity contribution in [3.63, 3.8) is 0 Å². The Morgan fingerprint density at radius 1 is 1.37 bits per heavy atom. The van der Waals surface area contributed by atoms with Crippen LogP contribution >= 0.6 is 0 Å². The van der Waals surface area contributed by atoms with Gasteiger partial charge in [-0.3, -0.25) is 9.79 Å². The molecule has 2 aromatic carbocycles. The Hall–Kier alpha value is -3.15. The highest BCUT2D eigenvalue weighted by Gasteiger charge is 2.49. The number of aromatic amines is 1. The molecule has 5 rings (SSSR count). The normalized spacial score (nSPS) is 25.1. The first kappa shape index (κ1) is 18.9. The summed E-state index contributed by atoms with van der Waals surface area (Å²) in [5.41, 5.74) is 7.13. The predicted molar refractivity (Wildman–Crippen MR) is 121 cm³/mol. The number of aromatic nitrogens is 2. The SMILES string of the molecule is C=Nc1ccc(C(=O)N2CCC3(C)c4cc5nc[nH]c5cc4CC2C3C)cc1NC. The van der Waals surface area contributed by atoms with Gasteiger partial charge in [-0.2, -0.15) is 0 Å². The summed E-state index contributed by atoms with van der Waals surface area (Å²) in [6.45, 7) is 9.02. The number of hydrogen-bond donors (Lipinski definition) is 2. The highest BCUT2D eigenvalue weighted by molar-refractivity contribution is 5.96. The van der Waals surface area contributed by atoms with Crippen LogP contribution in [0.2, 0.25) is 0 Å². The number of piperidine rings is 1. The van der Waals surface area contributed by atoms with Crippen molar-refractivity contribution in [2.24, 2.45) is 10.9 Å². The van der Waals surface area contributed by atoms with Crippen LogP contribution in [0.4, 0.5) is 11.4 Å². The molecule has 1 aliphatic heterocycles. The number of rotatable bonds is 3. The Labute approximate surface area is 176 Å². The van der Waals surface area contributed by atoms with E-state index in [1.54, 1.807) is 6.33 Å². The Balaban J connectivity index is 1.53. The summed E-state index contributed by atoms with van der Waals surface area (Å²) in [5, 5.41) is 3.12. The van der Waals surface area contributed by atoms with Crippen LogP contribution in [0.25, 0.3) is 11.0 Å². The molecule has 1 aromatic heterocycles. The molecule has 2 aliphatic rings. The number of carbonyl (C=O) groups excluding carboxylic acids is 1. The predicted octanol–water partition coefficient (Wildman–Crippen LogP) is 4.30. The van der Waals surface area contributed by atoms with Crippen LogP contribution in [-0.2, 0) is 11.8 Å². The maximum absolute atomic E-state index is 13.5. The number of H-pyrrole nitrogens is 1. The molecule has 2 heterocycles. The van der Waals surface area contributed by atoms with Gasteiger partial charge in [-0.25, -0.2) is 4.98 Å². The maximum Gasteiger partial charge on any atom is 0.254 e. The first-order chi connectivity index (χ1) is 14.5. The van der Waals surface area contributed by atoms with Gasteiger partial charge in [0.25, 0.3) is 5.91 Å². The number of nitrogens with one attached hydrogen (secondary N) is 2. The average Bonchev–Trinajstić information content (AvgIpc) is 3.22. The van der Waals surface area contributed by atoms with E-state index in [1.807, 2.05) is 25.2 Å². The molecule has 3 unspecified atom stereocenters. The zero-order valence-electron chi connectivity index (χ0n) is 17.7. The van der Waals surface area contributed by atoms with Gasteiger partial charge < -0.3 is 15.2 Å². The molecule has 154 valence electrons. The highest BCUT2D eigenvalue weighted by Crippen LogP contribution is 2.49. The zero-order chi connectivity index (χ0) is 21.0. The van der Waals surface area contributed by atoms with Crippen LogP contribution in [-0.4, -0.2) is 47.1 Å². The second kappa shape index (κ2) is 6.69. The molecule has 6 nitrogen and oxygen atoms in total. The van der Waals surface area contributed by atoms with E-state index < -0.39 is 0 Å². The van der Waals surface area contributed by atoms with Crippen molar-refractivity contribution in [1.29, 1.82) is 0 Å². The minimum Gasteiger partial charge on any atom is -0.386 e. The topological polar surface area (TPSA) is 73.4 Å². The number of aliphatic imine (C=N–C) groups is 1. The van der Waals surface area contributed by atoms with Gasteiger partial charge in [0.2, 0.25) is 0 Å². The summed E-state index contributed by atoms with van der Waals surface area (Å²) in [7, 11) is 1.83. The number of fused-ring (bicyclic) bond motifs is 5. The minimum absolute atomic E-state index is 0.0505. The molecular formula is C24H27N5O. The number of imidazole rings is 1. The Bertz CT molecular complexity index is 1170. The summed E-state index contributed by atoms with van der Waals surface area (Å²) in [4.78, 5) is 27.3. The van der Waals surface area contributed by atoms with E-state index in [1.165, 1.54) is 11.1 Å². The number of benzene rings is 2. The zero-order valence-corrected chi connectivity index (χ0v) is 17.7. The summed E-state index contributed by atoms with van der Waals surface area (Å²) >= 11 is 0. The second-order valence-corrected chi connectivity index (χ2v) is 8.80. The Morgan fingerprint density at radius 3 is 2.97 bits per heavy atom. The quantitative estimate of drug-likeness (QED) is 0.643. The third kappa shape index (κ3) is 2.59. The van der Waals surface area contributed by atoms with Gasteiger partial charge in [0, 0.05) is 25.2 Å². The standard InChI is InChI=1S/C24H27N5O/c1-14-22-11-16-10-20-21(28-13-27-20)12-17(16)24(14,2)7-8-29(22)23(30)15-5-6-18(25-3)19(9-15)26-4/h5-6,9-10,12-14,22,26H,3,7-8,11H2,1-2,4H3,(H,27,28). The summed E-state index contributed by atoms with van der Waals surface area (Å²) in [6.07, 6.45) is 3.58. The molecule has 1 amide bonds. The lowest BCUT2D eigenvalue weighted by molar-refractivity contribution is 0.0251. The number of nitrogens with zero attached hydrogens (tertiary/aromatic N) is 3. The highest BCUT2D eigenvalue weighted by atomic mass is 16.2. The number of anilines is 1. The molecule has 2 bridgehead atoms. The third-order valence-electron chi connectivity index (χ3n) is 7.49. The molecule has 1 saturated heterocycles. The van der Waals surface area contributed by atoms with E-state index in [9.17, 15) is 4.79 Å². The number of hydrogen-bond acceptors (Lipinski definition) is 4. The van der Waals surface area contributed by atoms with E-state index in [0.29, 0.717) is 11.5 Å². The third-order valence-corrected chi connectivity index (χ3v) is 7.49. The van der Waals surface area contributed by atoms with Crippen molar-refractivity contribution in [3.05, 3.63) is 53.3 Å². The summed E-state index contributed by atoms with van der Waals surface area (Å²) < 4.78 is 0. The van der Waals surface area contributed by atoms with E-state index in [-0.39, 0.29) is 17.4 Å².